The molecule has 124 valence electrons. The molecule has 1 fully saturated rings. The molecule has 0 bridgehead atoms. The molecule has 24 heavy (non-hydrogen) atoms. The fraction of sp³-hybridized carbons (Fsp3) is 0.350. The van der Waals surface area contributed by atoms with Gasteiger partial charge in [-0.3, -0.25) is 0 Å². The number of fused-ring (bicyclic) bond motifs is 5. The van der Waals surface area contributed by atoms with E-state index in [0.717, 1.165) is 22.8 Å². The number of likely N-dealkylation sites (N-methyl/N-ethyl adjacent to an activating group) is 1. The monoisotopic (exact) mass is 340 g/mol. The predicted molar refractivity (Wildman–Crippen MR) is 98.1 cm³/mol. The van der Waals surface area contributed by atoms with E-state index in [1.165, 1.54) is 23.1 Å². The standard InChI is InChI=1S/C20H21ClN2O/c1-23(2)9-10-24-22-20-16-6-4-3-5-14(16)17-12-18(17)15-8-7-13(21)11-19(15)20/h3-8,11,17-18H,9-10,12H2,1-2H3/t17-,18+/m1/s1. The predicted octanol–water partition coefficient (Wildman–Crippen LogP) is 4.26. The highest BCUT2D eigenvalue weighted by atomic mass is 35.5. The number of rotatable bonds is 4. The normalized spacial score (nSPS) is 22.6. The van der Waals surface area contributed by atoms with Crippen molar-refractivity contribution in [3.05, 3.63) is 69.7 Å². The van der Waals surface area contributed by atoms with Gasteiger partial charge in [0.25, 0.3) is 0 Å². The molecule has 0 heterocycles. The highest BCUT2D eigenvalue weighted by molar-refractivity contribution is 6.31. The average Bonchev–Trinajstić information content (AvgIpc) is 3.35. The minimum Gasteiger partial charge on any atom is -0.394 e. The lowest BCUT2D eigenvalue weighted by atomic mass is 9.95. The van der Waals surface area contributed by atoms with Crippen LogP contribution in [0.2, 0.25) is 5.02 Å². The molecule has 1 saturated carbocycles. The summed E-state index contributed by atoms with van der Waals surface area (Å²) < 4.78 is 0. The van der Waals surface area contributed by atoms with Gasteiger partial charge in [-0.1, -0.05) is 47.1 Å². The van der Waals surface area contributed by atoms with E-state index < -0.39 is 0 Å². The molecule has 4 heteroatoms. The Morgan fingerprint density at radius 1 is 1.08 bits per heavy atom. The highest BCUT2D eigenvalue weighted by Crippen LogP contribution is 2.58. The van der Waals surface area contributed by atoms with E-state index in [-0.39, 0.29) is 0 Å². The number of hydrogen-bond acceptors (Lipinski definition) is 3. The van der Waals surface area contributed by atoms with Crippen molar-refractivity contribution in [2.45, 2.75) is 18.3 Å². The number of halogens is 1. The lowest BCUT2D eigenvalue weighted by Crippen LogP contribution is -2.17. The fourth-order valence-electron chi connectivity index (χ4n) is 3.55. The summed E-state index contributed by atoms with van der Waals surface area (Å²) in [5.74, 6) is 1.17. The van der Waals surface area contributed by atoms with Crippen LogP contribution in [0, 0.1) is 0 Å². The Bertz CT molecular complexity index is 800. The van der Waals surface area contributed by atoms with Crippen LogP contribution in [0.3, 0.4) is 0 Å². The lowest BCUT2D eigenvalue weighted by Gasteiger charge is -2.13. The first-order valence-corrected chi connectivity index (χ1v) is 8.77. The molecule has 0 unspecified atom stereocenters. The topological polar surface area (TPSA) is 24.8 Å². The largest absolute Gasteiger partial charge is 0.394 e. The summed E-state index contributed by atoms with van der Waals surface area (Å²) in [7, 11) is 4.06. The molecule has 0 aliphatic heterocycles. The summed E-state index contributed by atoms with van der Waals surface area (Å²) in [6.07, 6.45) is 1.21. The Labute approximate surface area is 147 Å². The van der Waals surface area contributed by atoms with Crippen LogP contribution in [0.25, 0.3) is 0 Å². The first kappa shape index (κ1) is 15.7. The second-order valence-electron chi connectivity index (χ2n) is 6.84. The molecule has 0 radical (unpaired) electrons. The Balaban J connectivity index is 1.78. The van der Waals surface area contributed by atoms with Gasteiger partial charge in [-0.25, -0.2) is 0 Å². The molecule has 0 spiro atoms. The maximum absolute atomic E-state index is 6.28. The maximum Gasteiger partial charge on any atom is 0.129 e. The third-order valence-electron chi connectivity index (χ3n) is 4.86. The van der Waals surface area contributed by atoms with Crippen LogP contribution < -0.4 is 0 Å². The molecule has 2 aromatic rings. The van der Waals surface area contributed by atoms with Crippen LogP contribution in [-0.2, 0) is 4.84 Å². The molecule has 0 saturated heterocycles. The van der Waals surface area contributed by atoms with Crippen molar-refractivity contribution in [3.8, 4) is 0 Å². The first-order chi connectivity index (χ1) is 11.6. The highest BCUT2D eigenvalue weighted by Gasteiger charge is 2.45. The van der Waals surface area contributed by atoms with Crippen molar-refractivity contribution < 1.29 is 4.84 Å². The summed E-state index contributed by atoms with van der Waals surface area (Å²) in [5, 5.41) is 5.27. The van der Waals surface area contributed by atoms with Gasteiger partial charge in [0, 0.05) is 22.7 Å². The third kappa shape index (κ3) is 2.83. The summed E-state index contributed by atoms with van der Waals surface area (Å²) in [6.45, 7) is 1.41. The Kier molecular flexibility index (Phi) is 4.07. The zero-order chi connectivity index (χ0) is 16.7. The quantitative estimate of drug-likeness (QED) is 0.614. The van der Waals surface area contributed by atoms with Crippen LogP contribution in [0.5, 0.6) is 0 Å². The summed E-state index contributed by atoms with van der Waals surface area (Å²) in [4.78, 5) is 7.73. The van der Waals surface area contributed by atoms with Crippen LogP contribution in [0.1, 0.15) is 40.5 Å². The van der Waals surface area contributed by atoms with Gasteiger partial charge in [0.05, 0.1) is 0 Å². The van der Waals surface area contributed by atoms with Crippen molar-refractivity contribution in [3.63, 3.8) is 0 Å². The minimum atomic E-state index is 0.571. The number of oxime groups is 1. The van der Waals surface area contributed by atoms with Gasteiger partial charge in [0.15, 0.2) is 0 Å². The zero-order valence-corrected chi connectivity index (χ0v) is 14.8. The van der Waals surface area contributed by atoms with Crippen molar-refractivity contribution >= 4 is 17.3 Å². The summed E-state index contributed by atoms with van der Waals surface area (Å²) >= 11 is 6.28. The van der Waals surface area contributed by atoms with Crippen LogP contribution in [-0.4, -0.2) is 37.9 Å². The smallest absolute Gasteiger partial charge is 0.129 e. The molecule has 2 aliphatic carbocycles. The Hall–Kier alpha value is -1.84. The molecule has 0 aromatic heterocycles. The molecule has 3 nitrogen and oxygen atoms in total. The molecule has 2 atom stereocenters. The van der Waals surface area contributed by atoms with E-state index in [2.05, 4.69) is 40.4 Å². The van der Waals surface area contributed by atoms with Gasteiger partial charge in [-0.05, 0) is 55.6 Å². The van der Waals surface area contributed by atoms with E-state index in [0.29, 0.717) is 18.4 Å². The van der Waals surface area contributed by atoms with Crippen molar-refractivity contribution in [2.24, 2.45) is 5.16 Å². The molecule has 4 rings (SSSR count). The van der Waals surface area contributed by atoms with Crippen molar-refractivity contribution in [1.82, 2.24) is 4.90 Å². The van der Waals surface area contributed by atoms with Crippen molar-refractivity contribution in [1.29, 1.82) is 0 Å². The average molecular weight is 341 g/mol. The number of benzene rings is 2. The van der Waals surface area contributed by atoms with Crippen LogP contribution in [0.15, 0.2) is 47.6 Å². The van der Waals surface area contributed by atoms with E-state index in [1.54, 1.807) is 0 Å². The second kappa shape index (κ2) is 6.23. The molecule has 2 aromatic carbocycles. The van der Waals surface area contributed by atoms with E-state index >= 15 is 0 Å². The molecular weight excluding hydrogens is 320 g/mol. The van der Waals surface area contributed by atoms with Crippen LogP contribution in [0.4, 0.5) is 0 Å². The van der Waals surface area contributed by atoms with Gasteiger partial charge in [0.1, 0.15) is 12.3 Å². The lowest BCUT2D eigenvalue weighted by molar-refractivity contribution is 0.126. The maximum atomic E-state index is 6.28. The second-order valence-corrected chi connectivity index (χ2v) is 7.28. The Morgan fingerprint density at radius 3 is 2.62 bits per heavy atom. The van der Waals surface area contributed by atoms with Gasteiger partial charge in [-0.2, -0.15) is 0 Å². The van der Waals surface area contributed by atoms with E-state index in [1.807, 2.05) is 26.2 Å². The van der Waals surface area contributed by atoms with Crippen molar-refractivity contribution in [2.75, 3.05) is 27.2 Å². The van der Waals surface area contributed by atoms with Gasteiger partial charge >= 0.3 is 0 Å². The summed E-state index contributed by atoms with van der Waals surface area (Å²) in [5.41, 5.74) is 5.93. The van der Waals surface area contributed by atoms with Crippen LogP contribution >= 0.6 is 11.6 Å². The van der Waals surface area contributed by atoms with Gasteiger partial charge in [-0.15, -0.1) is 0 Å². The van der Waals surface area contributed by atoms with E-state index in [9.17, 15) is 0 Å². The van der Waals surface area contributed by atoms with Gasteiger partial charge < -0.3 is 9.74 Å². The molecular formula is C20H21ClN2O. The molecule has 0 amide bonds. The number of hydrogen-bond donors (Lipinski definition) is 0. The fourth-order valence-corrected chi connectivity index (χ4v) is 3.72. The van der Waals surface area contributed by atoms with E-state index in [4.69, 9.17) is 16.4 Å². The molecule has 2 aliphatic rings. The Morgan fingerprint density at radius 2 is 1.83 bits per heavy atom. The zero-order valence-electron chi connectivity index (χ0n) is 14.0. The summed E-state index contributed by atoms with van der Waals surface area (Å²) in [6, 6.07) is 14.7. The minimum absolute atomic E-state index is 0.571. The molecule has 0 N–H and O–H groups in total. The van der Waals surface area contributed by atoms with Gasteiger partial charge in [0.2, 0.25) is 0 Å². The third-order valence-corrected chi connectivity index (χ3v) is 5.10. The SMILES string of the molecule is CN(C)CCON=C1c2ccccc2[C@H]2C[C@H]2c2ccc(Cl)cc21. The first-order valence-electron chi connectivity index (χ1n) is 8.39. The number of nitrogens with zero attached hydrogens (tertiary/aromatic N) is 2.